The van der Waals surface area contributed by atoms with Crippen LogP contribution >= 0.6 is 0 Å². The second-order valence-corrected chi connectivity index (χ2v) is 4.73. The average Bonchev–Trinajstić information content (AvgIpc) is 3.11. The molecule has 0 radical (unpaired) electrons. The fourth-order valence-corrected chi connectivity index (χ4v) is 2.28. The second kappa shape index (κ2) is 4.10. The van der Waals surface area contributed by atoms with E-state index < -0.39 is 0 Å². The minimum absolute atomic E-state index is 0.0134. The summed E-state index contributed by atoms with van der Waals surface area (Å²) in [5.74, 6) is 0.0134. The molecule has 0 amide bonds. The maximum absolute atomic E-state index is 11.8. The molecule has 0 bridgehead atoms. The van der Waals surface area contributed by atoms with Crippen molar-refractivity contribution in [3.63, 3.8) is 0 Å². The number of nitrogens with two attached hydrogens (primary N) is 1. The molecular weight excluding hydrogens is 230 g/mol. The summed E-state index contributed by atoms with van der Waals surface area (Å²) < 4.78 is 1.78. The fraction of sp³-hybridized carbons (Fsp3) is 0.385. The first-order valence-corrected chi connectivity index (χ1v) is 6.18. The van der Waals surface area contributed by atoms with Gasteiger partial charge in [-0.1, -0.05) is 0 Å². The molecule has 3 N–H and O–H groups in total. The zero-order valence-electron chi connectivity index (χ0n) is 9.98. The quantitative estimate of drug-likeness (QED) is 0.794. The predicted molar refractivity (Wildman–Crippen MR) is 68.8 cm³/mol. The van der Waals surface area contributed by atoms with Crippen LogP contribution in [0.3, 0.4) is 0 Å². The molecule has 0 unspecified atom stereocenters. The molecular formula is C13H15N3O2. The maximum atomic E-state index is 11.8. The number of benzene rings is 1. The van der Waals surface area contributed by atoms with Crippen LogP contribution in [-0.2, 0) is 0 Å². The van der Waals surface area contributed by atoms with Crippen molar-refractivity contribution in [2.75, 3.05) is 6.54 Å². The summed E-state index contributed by atoms with van der Waals surface area (Å²) in [6.07, 6.45) is 2.44. The first kappa shape index (κ1) is 11.2. The summed E-state index contributed by atoms with van der Waals surface area (Å²) in [6, 6.07) is 5.69. The Kier molecular flexibility index (Phi) is 2.56. The average molecular weight is 245 g/mol. The van der Waals surface area contributed by atoms with Crippen molar-refractivity contribution in [1.82, 2.24) is 9.55 Å². The molecule has 0 spiro atoms. The van der Waals surface area contributed by atoms with Gasteiger partial charge in [0.1, 0.15) is 0 Å². The Morgan fingerprint density at radius 2 is 2.22 bits per heavy atom. The number of Topliss-reactive ketones (excluding diaryl/α,β-unsaturated/α-hetero) is 1. The zero-order valence-corrected chi connectivity index (χ0v) is 9.98. The second-order valence-electron chi connectivity index (χ2n) is 4.73. The lowest BCUT2D eigenvalue weighted by atomic mass is 10.1. The highest BCUT2D eigenvalue weighted by molar-refractivity contribution is 5.99. The summed E-state index contributed by atoms with van der Waals surface area (Å²) in [5.41, 5.74) is 7.51. The Morgan fingerprint density at radius 1 is 1.44 bits per heavy atom. The number of aromatic nitrogens is 2. The molecule has 2 aromatic rings. The van der Waals surface area contributed by atoms with Gasteiger partial charge in [-0.05, 0) is 37.6 Å². The van der Waals surface area contributed by atoms with Crippen LogP contribution in [0, 0.1) is 0 Å². The summed E-state index contributed by atoms with van der Waals surface area (Å²) in [7, 11) is 0. The highest BCUT2D eigenvalue weighted by Gasteiger charge is 2.27. The maximum Gasteiger partial charge on any atom is 0.326 e. The normalized spacial score (nSPS) is 15.2. The number of H-pyrrole nitrogens is 1. The molecule has 1 heterocycles. The third kappa shape index (κ3) is 1.76. The monoisotopic (exact) mass is 245 g/mol. The summed E-state index contributed by atoms with van der Waals surface area (Å²) >= 11 is 0. The molecule has 94 valence electrons. The Balaban J connectivity index is 2.08. The van der Waals surface area contributed by atoms with Crippen LogP contribution in [0.15, 0.2) is 23.0 Å². The van der Waals surface area contributed by atoms with Gasteiger partial charge in [-0.2, -0.15) is 0 Å². The number of nitrogens with one attached hydrogen (secondary N) is 1. The Hall–Kier alpha value is -1.88. The lowest BCUT2D eigenvalue weighted by Gasteiger charge is -2.02. The van der Waals surface area contributed by atoms with E-state index in [9.17, 15) is 9.59 Å². The standard InChI is InChI=1S/C13H15N3O2/c14-6-5-12(17)8-1-4-11-10(7-8)15-13(18)16(11)9-2-3-9/h1,4,7,9H,2-3,5-6,14H2,(H,15,18). The van der Waals surface area contributed by atoms with E-state index in [0.29, 0.717) is 24.6 Å². The van der Waals surface area contributed by atoms with Gasteiger partial charge in [0.25, 0.3) is 0 Å². The van der Waals surface area contributed by atoms with Crippen molar-refractivity contribution in [1.29, 1.82) is 0 Å². The van der Waals surface area contributed by atoms with Gasteiger partial charge in [-0.25, -0.2) is 4.79 Å². The molecule has 1 aliphatic rings. The van der Waals surface area contributed by atoms with Gasteiger partial charge in [0, 0.05) is 18.0 Å². The highest BCUT2D eigenvalue weighted by atomic mass is 16.1. The van der Waals surface area contributed by atoms with Gasteiger partial charge in [0.05, 0.1) is 11.0 Å². The summed E-state index contributed by atoms with van der Waals surface area (Å²) in [5, 5.41) is 0. The number of fused-ring (bicyclic) bond motifs is 1. The molecule has 1 aliphatic carbocycles. The van der Waals surface area contributed by atoms with Crippen molar-refractivity contribution < 1.29 is 4.79 Å². The Bertz CT molecular complexity index is 664. The van der Waals surface area contributed by atoms with Crippen LogP contribution in [0.1, 0.15) is 35.7 Å². The molecule has 0 atom stereocenters. The van der Waals surface area contributed by atoms with Gasteiger partial charge in [0.2, 0.25) is 0 Å². The van der Waals surface area contributed by atoms with Gasteiger partial charge in [-0.3, -0.25) is 9.36 Å². The molecule has 3 rings (SSSR count). The number of nitrogens with zero attached hydrogens (tertiary/aromatic N) is 1. The molecule has 1 saturated carbocycles. The minimum atomic E-state index is -0.0871. The van der Waals surface area contributed by atoms with Crippen molar-refractivity contribution in [2.45, 2.75) is 25.3 Å². The predicted octanol–water partition coefficient (Wildman–Crippen LogP) is 1.20. The molecule has 0 aliphatic heterocycles. The van der Waals surface area contributed by atoms with E-state index in [0.717, 1.165) is 23.9 Å². The van der Waals surface area contributed by atoms with Gasteiger partial charge < -0.3 is 10.7 Å². The number of hydrogen-bond donors (Lipinski definition) is 2. The molecule has 5 nitrogen and oxygen atoms in total. The molecule has 1 aromatic carbocycles. The number of imidazole rings is 1. The molecule has 5 heteroatoms. The number of hydrogen-bond acceptors (Lipinski definition) is 3. The minimum Gasteiger partial charge on any atom is -0.330 e. The van der Waals surface area contributed by atoms with Crippen molar-refractivity contribution >= 4 is 16.8 Å². The van der Waals surface area contributed by atoms with Gasteiger partial charge in [0.15, 0.2) is 5.78 Å². The van der Waals surface area contributed by atoms with Crippen LogP contribution < -0.4 is 11.4 Å². The molecule has 0 saturated heterocycles. The van der Waals surface area contributed by atoms with E-state index in [4.69, 9.17) is 5.73 Å². The third-order valence-corrected chi connectivity index (χ3v) is 3.32. The van der Waals surface area contributed by atoms with Crippen LogP contribution in [0.2, 0.25) is 0 Å². The van der Waals surface area contributed by atoms with Crippen molar-refractivity contribution in [3.8, 4) is 0 Å². The molecule has 1 aromatic heterocycles. The lowest BCUT2D eigenvalue weighted by molar-refractivity contribution is 0.0985. The largest absolute Gasteiger partial charge is 0.330 e. The highest BCUT2D eigenvalue weighted by Crippen LogP contribution is 2.35. The van der Waals surface area contributed by atoms with Crippen LogP contribution in [0.5, 0.6) is 0 Å². The van der Waals surface area contributed by atoms with Gasteiger partial charge in [-0.15, -0.1) is 0 Å². The van der Waals surface area contributed by atoms with E-state index >= 15 is 0 Å². The molecule has 1 fully saturated rings. The Labute approximate surface area is 104 Å². The first-order chi connectivity index (χ1) is 8.70. The number of ketones is 1. The van der Waals surface area contributed by atoms with Crippen LogP contribution in [0.25, 0.3) is 11.0 Å². The zero-order chi connectivity index (χ0) is 12.7. The lowest BCUT2D eigenvalue weighted by Crippen LogP contribution is -2.14. The van der Waals surface area contributed by atoms with Gasteiger partial charge >= 0.3 is 5.69 Å². The van der Waals surface area contributed by atoms with E-state index in [1.54, 1.807) is 16.7 Å². The van der Waals surface area contributed by atoms with E-state index in [2.05, 4.69) is 4.98 Å². The van der Waals surface area contributed by atoms with Crippen molar-refractivity contribution in [3.05, 3.63) is 34.2 Å². The number of aromatic amines is 1. The third-order valence-electron chi connectivity index (χ3n) is 3.32. The topological polar surface area (TPSA) is 80.9 Å². The van der Waals surface area contributed by atoms with Crippen LogP contribution in [0.4, 0.5) is 0 Å². The number of rotatable bonds is 4. The molecule has 18 heavy (non-hydrogen) atoms. The number of carbonyl (C=O) groups excluding carboxylic acids is 1. The Morgan fingerprint density at radius 3 is 2.89 bits per heavy atom. The van der Waals surface area contributed by atoms with Crippen LogP contribution in [-0.4, -0.2) is 21.9 Å². The SMILES string of the molecule is NCCC(=O)c1ccc2c(c1)[nH]c(=O)n2C1CC1. The number of carbonyl (C=O) groups is 1. The van der Waals surface area contributed by atoms with E-state index in [1.807, 2.05) is 6.07 Å². The fourth-order valence-electron chi connectivity index (χ4n) is 2.28. The van der Waals surface area contributed by atoms with E-state index in [1.165, 1.54) is 0 Å². The van der Waals surface area contributed by atoms with Crippen molar-refractivity contribution in [2.24, 2.45) is 5.73 Å². The summed E-state index contributed by atoms with van der Waals surface area (Å²) in [4.78, 5) is 26.4. The summed E-state index contributed by atoms with van der Waals surface area (Å²) in [6.45, 7) is 0.344. The first-order valence-electron chi connectivity index (χ1n) is 6.18. The van der Waals surface area contributed by atoms with E-state index in [-0.39, 0.29) is 11.5 Å². The smallest absolute Gasteiger partial charge is 0.326 e.